The number of fused-ring (bicyclic) bond motifs is 1. The van der Waals surface area contributed by atoms with Crippen LogP contribution in [0.2, 0.25) is 0 Å². The Morgan fingerprint density at radius 2 is 1.73 bits per heavy atom. The third kappa shape index (κ3) is 2.43. The SMILES string of the molecule is CC(C)C(=O)CC1C2CCC#CCCC21. The molecule has 2 rings (SSSR count). The van der Waals surface area contributed by atoms with Crippen LogP contribution in [0.25, 0.3) is 0 Å². The molecule has 0 spiro atoms. The Bertz CT molecular complexity index is 287. The molecule has 15 heavy (non-hydrogen) atoms. The smallest absolute Gasteiger partial charge is 0.135 e. The Hall–Kier alpha value is -0.770. The largest absolute Gasteiger partial charge is 0.299 e. The summed E-state index contributed by atoms with van der Waals surface area (Å²) < 4.78 is 0. The predicted octanol–water partition coefficient (Wildman–Crippen LogP) is 3.04. The topological polar surface area (TPSA) is 17.1 Å². The van der Waals surface area contributed by atoms with E-state index in [9.17, 15) is 4.79 Å². The number of hydrogen-bond acceptors (Lipinski definition) is 1. The fourth-order valence-electron chi connectivity index (χ4n) is 2.81. The first-order chi connectivity index (χ1) is 7.20. The Morgan fingerprint density at radius 1 is 1.20 bits per heavy atom. The molecule has 2 aliphatic rings. The molecule has 0 heterocycles. The van der Waals surface area contributed by atoms with Gasteiger partial charge in [0.15, 0.2) is 0 Å². The lowest BCUT2D eigenvalue weighted by molar-refractivity contribution is -0.122. The highest BCUT2D eigenvalue weighted by Crippen LogP contribution is 2.54. The Labute approximate surface area is 92.6 Å². The normalized spacial score (nSPS) is 33.4. The van der Waals surface area contributed by atoms with Crippen LogP contribution in [-0.2, 0) is 4.79 Å². The molecule has 0 bridgehead atoms. The Kier molecular flexibility index (Phi) is 3.14. The van der Waals surface area contributed by atoms with Gasteiger partial charge in [0.25, 0.3) is 0 Å². The van der Waals surface area contributed by atoms with Crippen molar-refractivity contribution in [2.75, 3.05) is 0 Å². The minimum absolute atomic E-state index is 0.216. The van der Waals surface area contributed by atoms with Crippen molar-refractivity contribution in [1.82, 2.24) is 0 Å². The molecular formula is C14H20O. The Balaban J connectivity index is 1.85. The molecule has 0 amide bonds. The number of Topliss-reactive ketones (excluding diaryl/α,β-unsaturated/α-hetero) is 1. The van der Waals surface area contributed by atoms with Gasteiger partial charge in [-0.05, 0) is 30.6 Å². The van der Waals surface area contributed by atoms with Gasteiger partial charge in [0, 0.05) is 25.2 Å². The van der Waals surface area contributed by atoms with Gasteiger partial charge in [-0.25, -0.2) is 0 Å². The zero-order valence-electron chi connectivity index (χ0n) is 9.75. The van der Waals surface area contributed by atoms with E-state index in [2.05, 4.69) is 11.8 Å². The molecule has 1 saturated carbocycles. The fraction of sp³-hybridized carbons (Fsp3) is 0.786. The fourth-order valence-corrected chi connectivity index (χ4v) is 2.81. The van der Waals surface area contributed by atoms with E-state index in [1.807, 2.05) is 13.8 Å². The van der Waals surface area contributed by atoms with Crippen molar-refractivity contribution in [2.45, 2.75) is 46.0 Å². The molecule has 0 radical (unpaired) electrons. The van der Waals surface area contributed by atoms with Gasteiger partial charge in [-0.1, -0.05) is 13.8 Å². The molecule has 0 N–H and O–H groups in total. The third-order valence-corrected chi connectivity index (χ3v) is 3.92. The van der Waals surface area contributed by atoms with Crippen LogP contribution in [0.1, 0.15) is 46.0 Å². The maximum absolute atomic E-state index is 11.7. The highest BCUT2D eigenvalue weighted by Gasteiger charge is 2.49. The lowest BCUT2D eigenvalue weighted by Crippen LogP contribution is -2.08. The number of rotatable bonds is 3. The summed E-state index contributed by atoms with van der Waals surface area (Å²) in [4.78, 5) is 11.7. The van der Waals surface area contributed by atoms with Crippen molar-refractivity contribution in [3.8, 4) is 11.8 Å². The van der Waals surface area contributed by atoms with Crippen LogP contribution in [0, 0.1) is 35.5 Å². The van der Waals surface area contributed by atoms with Crippen LogP contribution in [0.5, 0.6) is 0 Å². The molecule has 2 atom stereocenters. The molecule has 2 aliphatic carbocycles. The first-order valence-electron chi connectivity index (χ1n) is 6.18. The molecule has 1 fully saturated rings. The lowest BCUT2D eigenvalue weighted by atomic mass is 10.0. The molecule has 0 aliphatic heterocycles. The van der Waals surface area contributed by atoms with Crippen LogP contribution in [0.15, 0.2) is 0 Å². The summed E-state index contributed by atoms with van der Waals surface area (Å²) in [7, 11) is 0. The van der Waals surface area contributed by atoms with Crippen LogP contribution in [-0.4, -0.2) is 5.78 Å². The van der Waals surface area contributed by atoms with Crippen LogP contribution >= 0.6 is 0 Å². The zero-order chi connectivity index (χ0) is 10.8. The quantitative estimate of drug-likeness (QED) is 0.646. The van der Waals surface area contributed by atoms with Gasteiger partial charge in [-0.3, -0.25) is 4.79 Å². The van der Waals surface area contributed by atoms with E-state index >= 15 is 0 Å². The van der Waals surface area contributed by atoms with E-state index in [1.165, 1.54) is 12.8 Å². The molecule has 0 aromatic rings. The number of ketones is 1. The predicted molar refractivity (Wildman–Crippen MR) is 61.2 cm³/mol. The standard InChI is InChI=1S/C14H20O/c1-10(2)14(15)9-13-11-7-5-3-4-6-8-12(11)13/h10-13H,5-9H2,1-2H3. The summed E-state index contributed by atoms with van der Waals surface area (Å²) >= 11 is 0. The van der Waals surface area contributed by atoms with E-state index in [-0.39, 0.29) is 5.92 Å². The summed E-state index contributed by atoms with van der Waals surface area (Å²) in [5, 5.41) is 0. The van der Waals surface area contributed by atoms with Crippen molar-refractivity contribution in [3.63, 3.8) is 0 Å². The van der Waals surface area contributed by atoms with Crippen molar-refractivity contribution >= 4 is 5.78 Å². The van der Waals surface area contributed by atoms with Crippen molar-refractivity contribution in [3.05, 3.63) is 0 Å². The van der Waals surface area contributed by atoms with E-state index in [1.54, 1.807) is 0 Å². The first-order valence-corrected chi connectivity index (χ1v) is 6.18. The van der Waals surface area contributed by atoms with E-state index in [0.717, 1.165) is 31.1 Å². The van der Waals surface area contributed by atoms with Gasteiger partial charge < -0.3 is 0 Å². The van der Waals surface area contributed by atoms with E-state index in [4.69, 9.17) is 0 Å². The van der Waals surface area contributed by atoms with Crippen molar-refractivity contribution in [2.24, 2.45) is 23.7 Å². The lowest BCUT2D eigenvalue weighted by Gasteiger charge is -2.02. The summed E-state index contributed by atoms with van der Waals surface area (Å²) in [5.74, 6) is 9.42. The molecule has 1 nitrogen and oxygen atoms in total. The van der Waals surface area contributed by atoms with Crippen LogP contribution < -0.4 is 0 Å². The van der Waals surface area contributed by atoms with Gasteiger partial charge in [0.1, 0.15) is 5.78 Å². The number of hydrogen-bond donors (Lipinski definition) is 0. The molecule has 1 heteroatoms. The summed E-state index contributed by atoms with van der Waals surface area (Å²) in [6, 6.07) is 0. The molecule has 82 valence electrons. The van der Waals surface area contributed by atoms with Crippen molar-refractivity contribution < 1.29 is 4.79 Å². The minimum Gasteiger partial charge on any atom is -0.299 e. The minimum atomic E-state index is 0.216. The first kappa shape index (κ1) is 10.7. The van der Waals surface area contributed by atoms with E-state index < -0.39 is 0 Å². The molecule has 0 aromatic heterocycles. The van der Waals surface area contributed by atoms with Gasteiger partial charge in [0.2, 0.25) is 0 Å². The average Bonchev–Trinajstić information content (AvgIpc) is 2.75. The zero-order valence-corrected chi connectivity index (χ0v) is 9.75. The third-order valence-electron chi connectivity index (χ3n) is 3.92. The molecular weight excluding hydrogens is 184 g/mol. The summed E-state index contributed by atoms with van der Waals surface area (Å²) in [6.45, 7) is 4.02. The second kappa shape index (κ2) is 4.39. The van der Waals surface area contributed by atoms with Gasteiger partial charge in [0.05, 0.1) is 0 Å². The molecule has 0 saturated heterocycles. The van der Waals surface area contributed by atoms with Gasteiger partial charge in [-0.15, -0.1) is 11.8 Å². The van der Waals surface area contributed by atoms with Gasteiger partial charge >= 0.3 is 0 Å². The number of carbonyl (C=O) groups is 1. The van der Waals surface area contributed by atoms with E-state index in [0.29, 0.717) is 11.7 Å². The van der Waals surface area contributed by atoms with Crippen LogP contribution in [0.4, 0.5) is 0 Å². The summed E-state index contributed by atoms with van der Waals surface area (Å²) in [6.07, 6.45) is 5.38. The highest BCUT2D eigenvalue weighted by molar-refractivity contribution is 5.80. The Morgan fingerprint density at radius 3 is 2.20 bits per heavy atom. The maximum atomic E-state index is 11.7. The summed E-state index contributed by atoms with van der Waals surface area (Å²) in [5.41, 5.74) is 0. The van der Waals surface area contributed by atoms with Crippen molar-refractivity contribution in [1.29, 1.82) is 0 Å². The van der Waals surface area contributed by atoms with Crippen LogP contribution in [0.3, 0.4) is 0 Å². The second-order valence-electron chi connectivity index (χ2n) is 5.25. The van der Waals surface area contributed by atoms with Gasteiger partial charge in [-0.2, -0.15) is 0 Å². The second-order valence-corrected chi connectivity index (χ2v) is 5.25. The average molecular weight is 204 g/mol. The number of carbonyl (C=O) groups excluding carboxylic acids is 1. The molecule has 2 unspecified atom stereocenters. The monoisotopic (exact) mass is 204 g/mol. The molecule has 0 aromatic carbocycles. The highest BCUT2D eigenvalue weighted by atomic mass is 16.1. The maximum Gasteiger partial charge on any atom is 0.135 e.